The highest BCUT2D eigenvalue weighted by Crippen LogP contribution is 2.29. The molecule has 0 fully saturated rings. The summed E-state index contributed by atoms with van der Waals surface area (Å²) in [6.45, 7) is 4.15. The lowest BCUT2D eigenvalue weighted by atomic mass is 10.0. The number of hydrogen-bond acceptors (Lipinski definition) is 2. The molecule has 1 nitrogen and oxygen atoms in total. The fourth-order valence-electron chi connectivity index (χ4n) is 1.81. The summed E-state index contributed by atoms with van der Waals surface area (Å²) in [5.41, 5.74) is 3.28. The van der Waals surface area contributed by atoms with E-state index in [2.05, 4.69) is 24.4 Å². The molecule has 0 N–H and O–H groups in total. The number of carbonyl (C=O) groups is 1. The minimum absolute atomic E-state index is 0.854. The van der Waals surface area contributed by atoms with Crippen LogP contribution < -0.4 is 0 Å². The Morgan fingerprint density at radius 3 is 2.93 bits per heavy atom. The molecule has 2 rings (SSSR count). The van der Waals surface area contributed by atoms with Crippen molar-refractivity contribution in [3.8, 4) is 0 Å². The van der Waals surface area contributed by atoms with Crippen LogP contribution in [0.3, 0.4) is 0 Å². The number of aryl methyl sites for hydroxylation is 2. The largest absolute Gasteiger partial charge is 0.298 e. The van der Waals surface area contributed by atoms with Crippen LogP contribution in [0.2, 0.25) is 0 Å². The zero-order valence-corrected chi connectivity index (χ0v) is 9.15. The van der Waals surface area contributed by atoms with Crippen LogP contribution in [0.25, 0.3) is 10.1 Å². The zero-order valence-electron chi connectivity index (χ0n) is 8.33. The lowest BCUT2D eigenvalue weighted by molar-refractivity contribution is 0.112. The lowest BCUT2D eigenvalue weighted by Crippen LogP contribution is -1.90. The highest BCUT2D eigenvalue weighted by molar-refractivity contribution is 7.17. The third-order valence-corrected chi connectivity index (χ3v) is 3.52. The predicted molar refractivity (Wildman–Crippen MR) is 61.3 cm³/mol. The van der Waals surface area contributed by atoms with Gasteiger partial charge in [0.1, 0.15) is 0 Å². The number of aldehydes is 1. The summed E-state index contributed by atoms with van der Waals surface area (Å²) in [5.74, 6) is 0. The molecule has 14 heavy (non-hydrogen) atoms. The third-order valence-electron chi connectivity index (χ3n) is 2.57. The van der Waals surface area contributed by atoms with E-state index in [1.54, 1.807) is 11.3 Å². The lowest BCUT2D eigenvalue weighted by Gasteiger charge is -2.05. The molecule has 0 aliphatic heterocycles. The van der Waals surface area contributed by atoms with Gasteiger partial charge in [0.15, 0.2) is 6.29 Å². The summed E-state index contributed by atoms with van der Waals surface area (Å²) in [6.07, 6.45) is 1.99. The van der Waals surface area contributed by atoms with Gasteiger partial charge in [-0.1, -0.05) is 13.0 Å². The number of hydrogen-bond donors (Lipinski definition) is 0. The molecule has 1 aromatic carbocycles. The van der Waals surface area contributed by atoms with Gasteiger partial charge < -0.3 is 0 Å². The Kier molecular flexibility index (Phi) is 2.38. The predicted octanol–water partition coefficient (Wildman–Crippen LogP) is 3.58. The van der Waals surface area contributed by atoms with Crippen molar-refractivity contribution in [2.45, 2.75) is 20.3 Å². The van der Waals surface area contributed by atoms with Gasteiger partial charge >= 0.3 is 0 Å². The van der Waals surface area contributed by atoms with Crippen molar-refractivity contribution in [1.82, 2.24) is 0 Å². The van der Waals surface area contributed by atoms with Crippen LogP contribution >= 0.6 is 11.3 Å². The molecule has 0 unspecified atom stereocenters. The number of rotatable bonds is 2. The van der Waals surface area contributed by atoms with Gasteiger partial charge in [0, 0.05) is 10.3 Å². The summed E-state index contributed by atoms with van der Waals surface area (Å²) in [6, 6.07) is 4.23. The first-order chi connectivity index (χ1) is 6.77. The van der Waals surface area contributed by atoms with Crippen LogP contribution in [-0.4, -0.2) is 6.29 Å². The Labute approximate surface area is 87.4 Å². The van der Waals surface area contributed by atoms with Crippen molar-refractivity contribution in [3.63, 3.8) is 0 Å². The maximum atomic E-state index is 10.9. The Hall–Kier alpha value is -1.15. The molecule has 2 heteroatoms. The van der Waals surface area contributed by atoms with Gasteiger partial charge in [-0.15, -0.1) is 11.3 Å². The molecule has 1 heterocycles. The van der Waals surface area contributed by atoms with Crippen LogP contribution in [0.5, 0.6) is 0 Å². The summed E-state index contributed by atoms with van der Waals surface area (Å²) >= 11 is 1.65. The van der Waals surface area contributed by atoms with Crippen molar-refractivity contribution in [1.29, 1.82) is 0 Å². The van der Waals surface area contributed by atoms with Gasteiger partial charge in [-0.3, -0.25) is 4.79 Å². The standard InChI is InChI=1S/C12H12OS/c1-3-9-6-8(2)11(7-13)12-10(9)4-5-14-12/h4-7H,3H2,1-2H3. The van der Waals surface area contributed by atoms with Crippen molar-refractivity contribution in [3.05, 3.63) is 34.2 Å². The number of thiophene rings is 1. The molecule has 0 saturated carbocycles. The molecule has 0 aliphatic carbocycles. The van der Waals surface area contributed by atoms with Gasteiger partial charge in [0.2, 0.25) is 0 Å². The van der Waals surface area contributed by atoms with E-state index < -0.39 is 0 Å². The molecular formula is C12H12OS. The average Bonchev–Trinajstić information content (AvgIpc) is 2.65. The smallest absolute Gasteiger partial charge is 0.151 e. The average molecular weight is 204 g/mol. The Morgan fingerprint density at radius 1 is 1.50 bits per heavy atom. The fourth-order valence-corrected chi connectivity index (χ4v) is 2.81. The molecule has 72 valence electrons. The van der Waals surface area contributed by atoms with E-state index in [0.717, 1.165) is 28.5 Å². The van der Waals surface area contributed by atoms with E-state index in [1.165, 1.54) is 10.9 Å². The van der Waals surface area contributed by atoms with Crippen LogP contribution in [0, 0.1) is 6.92 Å². The summed E-state index contributed by atoms with van der Waals surface area (Å²) in [7, 11) is 0. The fraction of sp³-hybridized carbons (Fsp3) is 0.250. The number of carbonyl (C=O) groups excluding carboxylic acids is 1. The van der Waals surface area contributed by atoms with Gasteiger partial charge in [-0.2, -0.15) is 0 Å². The van der Waals surface area contributed by atoms with Crippen molar-refractivity contribution in [2.24, 2.45) is 0 Å². The Morgan fingerprint density at radius 2 is 2.29 bits per heavy atom. The van der Waals surface area contributed by atoms with Crippen molar-refractivity contribution in [2.75, 3.05) is 0 Å². The first kappa shape index (κ1) is 9.41. The highest BCUT2D eigenvalue weighted by Gasteiger charge is 2.08. The quantitative estimate of drug-likeness (QED) is 0.683. The zero-order chi connectivity index (χ0) is 10.1. The molecule has 0 saturated heterocycles. The second-order valence-electron chi connectivity index (χ2n) is 3.40. The third kappa shape index (κ3) is 1.26. The molecule has 0 bridgehead atoms. The van der Waals surface area contributed by atoms with E-state index in [1.807, 2.05) is 6.92 Å². The minimum Gasteiger partial charge on any atom is -0.298 e. The second kappa shape index (κ2) is 3.54. The molecular weight excluding hydrogens is 192 g/mol. The van der Waals surface area contributed by atoms with E-state index in [9.17, 15) is 4.79 Å². The van der Waals surface area contributed by atoms with Gasteiger partial charge in [-0.25, -0.2) is 0 Å². The first-order valence-corrected chi connectivity index (χ1v) is 5.60. The minimum atomic E-state index is 0.854. The molecule has 0 amide bonds. The summed E-state index contributed by atoms with van der Waals surface area (Å²) in [4.78, 5) is 10.9. The molecule has 0 radical (unpaired) electrons. The Bertz CT molecular complexity index is 482. The van der Waals surface area contributed by atoms with Crippen LogP contribution in [-0.2, 0) is 6.42 Å². The van der Waals surface area contributed by atoms with E-state index in [4.69, 9.17) is 0 Å². The van der Waals surface area contributed by atoms with Crippen molar-refractivity contribution >= 4 is 27.7 Å². The molecule has 0 atom stereocenters. The van der Waals surface area contributed by atoms with E-state index >= 15 is 0 Å². The van der Waals surface area contributed by atoms with Gasteiger partial charge in [0.05, 0.1) is 0 Å². The first-order valence-electron chi connectivity index (χ1n) is 4.72. The number of fused-ring (bicyclic) bond motifs is 1. The summed E-state index contributed by atoms with van der Waals surface area (Å²) < 4.78 is 1.14. The molecule has 0 aliphatic rings. The van der Waals surface area contributed by atoms with Crippen LogP contribution in [0.1, 0.15) is 28.4 Å². The SMILES string of the molecule is CCc1cc(C)c(C=O)c2sccc12. The van der Waals surface area contributed by atoms with Gasteiger partial charge in [-0.05, 0) is 41.3 Å². The monoisotopic (exact) mass is 204 g/mol. The molecule has 0 spiro atoms. The highest BCUT2D eigenvalue weighted by atomic mass is 32.1. The molecule has 1 aromatic heterocycles. The normalized spacial score (nSPS) is 10.7. The van der Waals surface area contributed by atoms with Crippen LogP contribution in [0.4, 0.5) is 0 Å². The van der Waals surface area contributed by atoms with Crippen molar-refractivity contribution < 1.29 is 4.79 Å². The summed E-state index contributed by atoms with van der Waals surface area (Å²) in [5, 5.41) is 3.29. The van der Waals surface area contributed by atoms with Crippen LogP contribution in [0.15, 0.2) is 17.5 Å². The van der Waals surface area contributed by atoms with Gasteiger partial charge in [0.25, 0.3) is 0 Å². The van der Waals surface area contributed by atoms with E-state index in [-0.39, 0.29) is 0 Å². The second-order valence-corrected chi connectivity index (χ2v) is 4.32. The Balaban J connectivity index is 2.88. The number of benzene rings is 1. The molecule has 2 aromatic rings. The topological polar surface area (TPSA) is 17.1 Å². The maximum absolute atomic E-state index is 10.9. The van der Waals surface area contributed by atoms with E-state index in [0.29, 0.717) is 0 Å². The maximum Gasteiger partial charge on any atom is 0.151 e.